The monoisotopic (exact) mass is 368 g/mol. The molecule has 0 bridgehead atoms. The minimum absolute atomic E-state index is 0.0320. The Labute approximate surface area is 156 Å². The fraction of sp³-hybridized carbons (Fsp3) is 0.250. The van der Waals surface area contributed by atoms with Gasteiger partial charge in [-0.25, -0.2) is 0 Å². The molecule has 0 aromatic heterocycles. The Hall–Kier alpha value is -2.60. The molecule has 0 aliphatic carbocycles. The van der Waals surface area contributed by atoms with E-state index < -0.39 is 4.92 Å². The minimum Gasteiger partial charge on any atom is -0.322 e. The van der Waals surface area contributed by atoms with Gasteiger partial charge in [0.2, 0.25) is 5.91 Å². The summed E-state index contributed by atoms with van der Waals surface area (Å²) in [5.41, 5.74) is 4.39. The van der Waals surface area contributed by atoms with E-state index >= 15 is 0 Å². The van der Waals surface area contributed by atoms with Crippen LogP contribution in [-0.2, 0) is 4.79 Å². The largest absolute Gasteiger partial charge is 0.322 e. The van der Waals surface area contributed by atoms with Crippen LogP contribution in [0.5, 0.6) is 0 Å². The first-order chi connectivity index (χ1) is 12.5. The van der Waals surface area contributed by atoms with E-state index in [1.165, 1.54) is 28.8 Å². The Bertz CT molecular complexity index is 862. The molecule has 0 N–H and O–H groups in total. The predicted octanol–water partition coefficient (Wildman–Crippen LogP) is 4.50. The van der Waals surface area contributed by atoms with Crippen molar-refractivity contribution in [1.82, 2.24) is 4.90 Å². The van der Waals surface area contributed by atoms with Gasteiger partial charge >= 0.3 is 0 Å². The van der Waals surface area contributed by atoms with Gasteiger partial charge in [0, 0.05) is 30.5 Å². The van der Waals surface area contributed by atoms with Crippen LogP contribution in [0.2, 0.25) is 0 Å². The van der Waals surface area contributed by atoms with E-state index in [9.17, 15) is 14.9 Å². The van der Waals surface area contributed by atoms with Crippen LogP contribution < -0.4 is 0 Å². The van der Waals surface area contributed by atoms with E-state index in [2.05, 4.69) is 32.0 Å². The topological polar surface area (TPSA) is 63.5 Å². The summed E-state index contributed by atoms with van der Waals surface area (Å²) >= 11 is 1.77. The third kappa shape index (κ3) is 3.96. The lowest BCUT2D eigenvalue weighted by molar-refractivity contribution is -0.384. The highest BCUT2D eigenvalue weighted by molar-refractivity contribution is 7.99. The van der Waals surface area contributed by atoms with Crippen molar-refractivity contribution in [3.63, 3.8) is 0 Å². The van der Waals surface area contributed by atoms with Gasteiger partial charge in [0.25, 0.3) is 5.69 Å². The first kappa shape index (κ1) is 18.2. The van der Waals surface area contributed by atoms with Crippen LogP contribution in [0.3, 0.4) is 0 Å². The van der Waals surface area contributed by atoms with Crippen molar-refractivity contribution in [2.75, 3.05) is 12.3 Å². The zero-order chi connectivity index (χ0) is 18.7. The van der Waals surface area contributed by atoms with Gasteiger partial charge in [0.15, 0.2) is 0 Å². The van der Waals surface area contributed by atoms with E-state index in [-0.39, 0.29) is 17.0 Å². The summed E-state index contributed by atoms with van der Waals surface area (Å²) in [5.74, 6) is 0.869. The van der Waals surface area contributed by atoms with Gasteiger partial charge in [-0.05, 0) is 48.7 Å². The van der Waals surface area contributed by atoms with Gasteiger partial charge in [-0.15, -0.1) is 11.8 Å². The molecule has 0 spiro atoms. The molecule has 2 aromatic rings. The number of carbonyl (C=O) groups excluding carboxylic acids is 1. The number of nitrogens with zero attached hydrogens (tertiary/aromatic N) is 2. The van der Waals surface area contributed by atoms with E-state index in [1.54, 1.807) is 36.0 Å². The standard InChI is InChI=1S/C20H20N2O3S/c1-14-3-9-18(15(2)13-14)20-21(11-12-26-20)19(23)10-6-16-4-7-17(8-5-16)22(24)25/h3-10,13,20H,11-12H2,1-2H3/b10-6+. The number of nitro benzene ring substituents is 1. The second-order valence-electron chi connectivity index (χ2n) is 6.30. The Morgan fingerprint density at radius 3 is 2.62 bits per heavy atom. The third-order valence-corrected chi connectivity index (χ3v) is 5.63. The lowest BCUT2D eigenvalue weighted by Crippen LogP contribution is -2.29. The molecule has 1 amide bonds. The van der Waals surface area contributed by atoms with Gasteiger partial charge in [0.1, 0.15) is 5.37 Å². The van der Waals surface area contributed by atoms with Gasteiger partial charge in [-0.1, -0.05) is 23.8 Å². The summed E-state index contributed by atoms with van der Waals surface area (Å²) in [7, 11) is 0. The molecule has 1 atom stereocenters. The highest BCUT2D eigenvalue weighted by Gasteiger charge is 2.30. The number of carbonyl (C=O) groups is 1. The Morgan fingerprint density at radius 2 is 1.96 bits per heavy atom. The van der Waals surface area contributed by atoms with Crippen LogP contribution in [0.15, 0.2) is 48.5 Å². The van der Waals surface area contributed by atoms with Crippen LogP contribution in [0.25, 0.3) is 6.08 Å². The second-order valence-corrected chi connectivity index (χ2v) is 7.48. The van der Waals surface area contributed by atoms with E-state index in [1.807, 2.05) is 4.90 Å². The first-order valence-corrected chi connectivity index (χ1v) is 9.42. The van der Waals surface area contributed by atoms with Gasteiger partial charge in [-0.2, -0.15) is 0 Å². The summed E-state index contributed by atoms with van der Waals surface area (Å²) in [6, 6.07) is 12.5. The molecular formula is C20H20N2O3S. The van der Waals surface area contributed by atoms with Gasteiger partial charge in [-0.3, -0.25) is 14.9 Å². The van der Waals surface area contributed by atoms with E-state index in [0.29, 0.717) is 6.54 Å². The summed E-state index contributed by atoms with van der Waals surface area (Å²) in [6.07, 6.45) is 3.25. The molecular weight excluding hydrogens is 348 g/mol. The van der Waals surface area contributed by atoms with E-state index in [0.717, 1.165) is 11.3 Å². The Balaban J connectivity index is 1.74. The fourth-order valence-electron chi connectivity index (χ4n) is 3.03. The van der Waals surface area contributed by atoms with Crippen molar-refractivity contribution >= 4 is 29.4 Å². The normalized spacial score (nSPS) is 17.0. The van der Waals surface area contributed by atoms with Crippen molar-refractivity contribution in [3.05, 3.63) is 80.9 Å². The van der Waals surface area contributed by atoms with E-state index in [4.69, 9.17) is 0 Å². The van der Waals surface area contributed by atoms with Crippen molar-refractivity contribution in [2.24, 2.45) is 0 Å². The SMILES string of the molecule is Cc1ccc(C2SCCN2C(=O)/C=C/c2ccc([N+](=O)[O-])cc2)c(C)c1. The lowest BCUT2D eigenvalue weighted by Gasteiger charge is -2.24. The van der Waals surface area contributed by atoms with Crippen LogP contribution >= 0.6 is 11.8 Å². The molecule has 3 rings (SSSR count). The molecule has 134 valence electrons. The summed E-state index contributed by atoms with van der Waals surface area (Å²) in [4.78, 5) is 24.8. The van der Waals surface area contributed by atoms with Crippen molar-refractivity contribution < 1.29 is 9.72 Å². The molecule has 2 aromatic carbocycles. The van der Waals surface area contributed by atoms with Crippen LogP contribution in [0, 0.1) is 24.0 Å². The lowest BCUT2D eigenvalue weighted by atomic mass is 10.0. The van der Waals surface area contributed by atoms with Crippen LogP contribution in [0.4, 0.5) is 5.69 Å². The summed E-state index contributed by atoms with van der Waals surface area (Å²) in [5, 5.41) is 10.7. The number of amides is 1. The number of thioether (sulfide) groups is 1. The molecule has 1 aliphatic rings. The van der Waals surface area contributed by atoms with Crippen molar-refractivity contribution in [1.29, 1.82) is 0 Å². The predicted molar refractivity (Wildman–Crippen MR) is 105 cm³/mol. The number of aryl methyl sites for hydroxylation is 2. The zero-order valence-electron chi connectivity index (χ0n) is 14.7. The average molecular weight is 368 g/mol. The van der Waals surface area contributed by atoms with Crippen LogP contribution in [-0.4, -0.2) is 28.0 Å². The minimum atomic E-state index is -0.436. The van der Waals surface area contributed by atoms with Crippen LogP contribution in [0.1, 0.15) is 27.6 Å². The second kappa shape index (κ2) is 7.74. The molecule has 0 radical (unpaired) electrons. The fourth-order valence-corrected chi connectivity index (χ4v) is 4.39. The quantitative estimate of drug-likeness (QED) is 0.453. The molecule has 1 saturated heterocycles. The number of hydrogen-bond donors (Lipinski definition) is 0. The van der Waals surface area contributed by atoms with Gasteiger partial charge < -0.3 is 4.90 Å². The summed E-state index contributed by atoms with van der Waals surface area (Å²) in [6.45, 7) is 4.86. The zero-order valence-corrected chi connectivity index (χ0v) is 15.5. The number of nitro groups is 1. The summed E-state index contributed by atoms with van der Waals surface area (Å²) < 4.78 is 0. The van der Waals surface area contributed by atoms with Crippen molar-refractivity contribution in [3.8, 4) is 0 Å². The maximum absolute atomic E-state index is 12.7. The Kier molecular flexibility index (Phi) is 5.42. The molecule has 26 heavy (non-hydrogen) atoms. The highest BCUT2D eigenvalue weighted by atomic mass is 32.2. The highest BCUT2D eigenvalue weighted by Crippen LogP contribution is 2.39. The molecule has 1 aliphatic heterocycles. The average Bonchev–Trinajstić information content (AvgIpc) is 3.09. The maximum atomic E-state index is 12.7. The number of non-ortho nitro benzene ring substituents is 1. The Morgan fingerprint density at radius 1 is 1.23 bits per heavy atom. The molecule has 1 fully saturated rings. The number of benzene rings is 2. The first-order valence-electron chi connectivity index (χ1n) is 8.37. The van der Waals surface area contributed by atoms with Gasteiger partial charge in [0.05, 0.1) is 4.92 Å². The smallest absolute Gasteiger partial charge is 0.269 e. The number of rotatable bonds is 4. The molecule has 0 saturated carbocycles. The van der Waals surface area contributed by atoms with Crippen molar-refractivity contribution in [2.45, 2.75) is 19.2 Å². The maximum Gasteiger partial charge on any atom is 0.269 e. The molecule has 6 heteroatoms. The molecule has 5 nitrogen and oxygen atoms in total. The number of hydrogen-bond acceptors (Lipinski definition) is 4. The third-order valence-electron chi connectivity index (χ3n) is 4.39. The molecule has 1 heterocycles. The molecule has 1 unspecified atom stereocenters.